The zero-order valence-corrected chi connectivity index (χ0v) is 11.6. The van der Waals surface area contributed by atoms with Gasteiger partial charge in [0.1, 0.15) is 11.9 Å². The first-order chi connectivity index (χ1) is 8.86. The van der Waals surface area contributed by atoms with E-state index in [1.54, 1.807) is 20.8 Å². The molecule has 0 saturated heterocycles. The van der Waals surface area contributed by atoms with Crippen LogP contribution in [0.25, 0.3) is 0 Å². The van der Waals surface area contributed by atoms with Gasteiger partial charge >= 0.3 is 5.97 Å². The summed E-state index contributed by atoms with van der Waals surface area (Å²) in [4.78, 5) is 31.3. The number of hydrogen-bond donors (Lipinski definition) is 2. The quantitative estimate of drug-likeness (QED) is 0.837. The van der Waals surface area contributed by atoms with Crippen LogP contribution in [-0.2, 0) is 4.79 Å². The minimum absolute atomic E-state index is 0.145. The van der Waals surface area contributed by atoms with Gasteiger partial charge in [0.05, 0.1) is 11.3 Å². The first-order valence-corrected chi connectivity index (χ1v) is 6.20. The van der Waals surface area contributed by atoms with Crippen LogP contribution in [0.2, 0.25) is 0 Å². The minimum Gasteiger partial charge on any atom is -0.480 e. The Labute approximate surface area is 112 Å². The van der Waals surface area contributed by atoms with E-state index in [0.29, 0.717) is 23.5 Å². The number of amides is 1. The molecule has 0 spiro atoms. The predicted octanol–water partition coefficient (Wildman–Crippen LogP) is 1.32. The number of aromatic nitrogens is 2. The molecule has 0 saturated carbocycles. The molecule has 104 valence electrons. The maximum Gasteiger partial charge on any atom is 0.326 e. The summed E-state index contributed by atoms with van der Waals surface area (Å²) in [6.45, 7) is 7.10. The number of nitrogens with one attached hydrogen (secondary N) is 1. The monoisotopic (exact) mass is 265 g/mol. The lowest BCUT2D eigenvalue weighted by molar-refractivity contribution is -0.140. The van der Waals surface area contributed by atoms with Crippen molar-refractivity contribution in [2.75, 3.05) is 0 Å². The van der Waals surface area contributed by atoms with Crippen molar-refractivity contribution in [1.29, 1.82) is 0 Å². The fraction of sp³-hybridized carbons (Fsp3) is 0.538. The number of hydrogen-bond acceptors (Lipinski definition) is 4. The van der Waals surface area contributed by atoms with Gasteiger partial charge in [-0.05, 0) is 19.8 Å². The fourth-order valence-electron chi connectivity index (χ4n) is 1.71. The summed E-state index contributed by atoms with van der Waals surface area (Å²) in [6, 6.07) is -0.904. The van der Waals surface area contributed by atoms with Gasteiger partial charge in [0.2, 0.25) is 0 Å². The summed E-state index contributed by atoms with van der Waals surface area (Å²) in [7, 11) is 0. The van der Waals surface area contributed by atoms with Crippen molar-refractivity contribution < 1.29 is 14.7 Å². The van der Waals surface area contributed by atoms with E-state index in [2.05, 4.69) is 15.3 Å². The van der Waals surface area contributed by atoms with Gasteiger partial charge in [0, 0.05) is 6.20 Å². The van der Waals surface area contributed by atoms with Crippen LogP contribution >= 0.6 is 0 Å². The van der Waals surface area contributed by atoms with Gasteiger partial charge in [0.25, 0.3) is 5.91 Å². The van der Waals surface area contributed by atoms with Crippen LogP contribution in [0.4, 0.5) is 0 Å². The second-order valence-electron chi connectivity index (χ2n) is 4.59. The Morgan fingerprint density at radius 3 is 2.53 bits per heavy atom. The molecule has 0 aliphatic carbocycles. The van der Waals surface area contributed by atoms with E-state index in [-0.39, 0.29) is 5.92 Å². The van der Waals surface area contributed by atoms with E-state index in [4.69, 9.17) is 5.11 Å². The molecule has 0 radical (unpaired) electrons. The maximum absolute atomic E-state index is 12.1. The highest BCUT2D eigenvalue weighted by atomic mass is 16.4. The van der Waals surface area contributed by atoms with Crippen LogP contribution < -0.4 is 5.32 Å². The number of carbonyl (C=O) groups excluding carboxylic acids is 1. The minimum atomic E-state index is -1.03. The molecule has 0 aromatic carbocycles. The molecular weight excluding hydrogens is 246 g/mol. The molecule has 2 N–H and O–H groups in total. The van der Waals surface area contributed by atoms with Gasteiger partial charge in [-0.3, -0.25) is 4.79 Å². The SMILES string of the molecule is CC[C@H](C)[C@H](NC(=O)c1cnc(C)nc1C)C(=O)O. The second kappa shape index (κ2) is 6.26. The first kappa shape index (κ1) is 15.1. The normalized spacial score (nSPS) is 13.7. The molecular formula is C13H19N3O3. The van der Waals surface area contributed by atoms with Crippen molar-refractivity contribution in [3.63, 3.8) is 0 Å². The van der Waals surface area contributed by atoms with Gasteiger partial charge in [-0.2, -0.15) is 0 Å². The van der Waals surface area contributed by atoms with E-state index < -0.39 is 17.9 Å². The van der Waals surface area contributed by atoms with Crippen LogP contribution in [0.3, 0.4) is 0 Å². The summed E-state index contributed by atoms with van der Waals surface area (Å²) in [5.74, 6) is -1.06. The highest BCUT2D eigenvalue weighted by Crippen LogP contribution is 2.10. The van der Waals surface area contributed by atoms with Crippen LogP contribution in [0, 0.1) is 19.8 Å². The highest BCUT2D eigenvalue weighted by Gasteiger charge is 2.26. The van der Waals surface area contributed by atoms with Crippen molar-refractivity contribution in [3.05, 3.63) is 23.3 Å². The number of carboxylic acid groups (broad SMARTS) is 1. The number of aryl methyl sites for hydroxylation is 2. The third-order valence-electron chi connectivity index (χ3n) is 3.11. The molecule has 0 bridgehead atoms. The van der Waals surface area contributed by atoms with Crippen molar-refractivity contribution in [2.45, 2.75) is 40.2 Å². The molecule has 6 heteroatoms. The van der Waals surface area contributed by atoms with E-state index in [9.17, 15) is 9.59 Å². The van der Waals surface area contributed by atoms with Gasteiger partial charge in [0.15, 0.2) is 0 Å². The summed E-state index contributed by atoms with van der Waals surface area (Å²) < 4.78 is 0. The number of carboxylic acids is 1. The standard InChI is InChI=1S/C13H19N3O3/c1-5-7(2)11(13(18)19)16-12(17)10-6-14-9(4)15-8(10)3/h6-7,11H,5H2,1-4H3,(H,16,17)(H,18,19)/t7-,11-/m0/s1. The highest BCUT2D eigenvalue weighted by molar-refractivity contribution is 5.97. The third-order valence-corrected chi connectivity index (χ3v) is 3.11. The number of nitrogens with zero attached hydrogens (tertiary/aromatic N) is 2. The summed E-state index contributed by atoms with van der Waals surface area (Å²) >= 11 is 0. The van der Waals surface area contributed by atoms with Crippen LogP contribution in [0.15, 0.2) is 6.20 Å². The molecule has 19 heavy (non-hydrogen) atoms. The first-order valence-electron chi connectivity index (χ1n) is 6.20. The topological polar surface area (TPSA) is 92.2 Å². The summed E-state index contributed by atoms with van der Waals surface area (Å²) in [6.07, 6.45) is 2.09. The van der Waals surface area contributed by atoms with Crippen molar-refractivity contribution in [2.24, 2.45) is 5.92 Å². The lowest BCUT2D eigenvalue weighted by Gasteiger charge is -2.20. The van der Waals surface area contributed by atoms with Gasteiger partial charge in [-0.15, -0.1) is 0 Å². The van der Waals surface area contributed by atoms with Gasteiger partial charge in [-0.1, -0.05) is 20.3 Å². The predicted molar refractivity (Wildman–Crippen MR) is 69.9 cm³/mol. The second-order valence-corrected chi connectivity index (χ2v) is 4.59. The Morgan fingerprint density at radius 2 is 2.05 bits per heavy atom. The molecule has 1 rings (SSSR count). The molecule has 1 aromatic rings. The number of carbonyl (C=O) groups is 2. The lowest BCUT2D eigenvalue weighted by atomic mass is 9.99. The molecule has 0 fully saturated rings. The molecule has 0 aliphatic rings. The maximum atomic E-state index is 12.1. The van der Waals surface area contributed by atoms with Gasteiger partial charge in [-0.25, -0.2) is 14.8 Å². The van der Waals surface area contributed by atoms with Crippen LogP contribution in [0.1, 0.15) is 42.1 Å². The average Bonchev–Trinajstić information content (AvgIpc) is 2.34. The van der Waals surface area contributed by atoms with E-state index >= 15 is 0 Å². The lowest BCUT2D eigenvalue weighted by Crippen LogP contribution is -2.45. The fourth-order valence-corrected chi connectivity index (χ4v) is 1.71. The molecule has 1 aromatic heterocycles. The largest absolute Gasteiger partial charge is 0.480 e. The van der Waals surface area contributed by atoms with E-state index in [0.717, 1.165) is 0 Å². The number of rotatable bonds is 5. The Kier molecular flexibility index (Phi) is 4.97. The zero-order chi connectivity index (χ0) is 14.6. The van der Waals surface area contributed by atoms with Crippen LogP contribution in [0.5, 0.6) is 0 Å². The molecule has 0 aliphatic heterocycles. The Balaban J connectivity index is 2.91. The Hall–Kier alpha value is -1.98. The Morgan fingerprint density at radius 1 is 1.42 bits per heavy atom. The average molecular weight is 265 g/mol. The third kappa shape index (κ3) is 3.74. The van der Waals surface area contributed by atoms with E-state index in [1.807, 2.05) is 6.92 Å². The number of aliphatic carboxylic acids is 1. The van der Waals surface area contributed by atoms with Crippen molar-refractivity contribution in [1.82, 2.24) is 15.3 Å². The zero-order valence-electron chi connectivity index (χ0n) is 11.6. The molecule has 0 unspecified atom stereocenters. The van der Waals surface area contributed by atoms with Gasteiger partial charge < -0.3 is 10.4 Å². The van der Waals surface area contributed by atoms with Crippen molar-refractivity contribution >= 4 is 11.9 Å². The molecule has 1 heterocycles. The Bertz CT molecular complexity index is 488. The van der Waals surface area contributed by atoms with Crippen molar-refractivity contribution in [3.8, 4) is 0 Å². The molecule has 2 atom stereocenters. The smallest absolute Gasteiger partial charge is 0.326 e. The van der Waals surface area contributed by atoms with Crippen LogP contribution in [-0.4, -0.2) is 33.0 Å². The molecule has 1 amide bonds. The summed E-state index contributed by atoms with van der Waals surface area (Å²) in [5, 5.41) is 11.7. The molecule has 6 nitrogen and oxygen atoms in total. The van der Waals surface area contributed by atoms with E-state index in [1.165, 1.54) is 6.20 Å². The summed E-state index contributed by atoms with van der Waals surface area (Å²) in [5.41, 5.74) is 0.846.